The zero-order valence-corrected chi connectivity index (χ0v) is 40.0. The van der Waals surface area contributed by atoms with Crippen LogP contribution < -0.4 is 0 Å². The number of carbonyl (C=O) groups is 3. The molecule has 352 valence electrons. The van der Waals surface area contributed by atoms with E-state index < -0.39 is 12.1 Å². The Morgan fingerprint density at radius 2 is 0.762 bits per heavy atom. The predicted molar refractivity (Wildman–Crippen MR) is 269 cm³/mol. The van der Waals surface area contributed by atoms with E-state index in [-0.39, 0.29) is 38.0 Å². The molecule has 0 aliphatic carbocycles. The fraction of sp³-hybridized carbons (Fsp3) is 0.561. The highest BCUT2D eigenvalue weighted by molar-refractivity contribution is 5.72. The summed E-state index contributed by atoms with van der Waals surface area (Å²) in [5.74, 6) is -1.12. The van der Waals surface area contributed by atoms with Crippen LogP contribution in [0.2, 0.25) is 0 Å². The third kappa shape index (κ3) is 48.4. The van der Waals surface area contributed by atoms with E-state index in [1.54, 1.807) is 6.08 Å². The molecule has 0 aromatic heterocycles. The summed E-state index contributed by atoms with van der Waals surface area (Å²) in [4.78, 5) is 37.8. The van der Waals surface area contributed by atoms with E-state index in [1.165, 1.54) is 77.0 Å². The lowest BCUT2D eigenvalue weighted by Crippen LogP contribution is -2.30. The van der Waals surface area contributed by atoms with Gasteiger partial charge < -0.3 is 14.2 Å². The van der Waals surface area contributed by atoms with Gasteiger partial charge >= 0.3 is 17.9 Å². The number of hydrogen-bond donors (Lipinski definition) is 0. The van der Waals surface area contributed by atoms with E-state index in [9.17, 15) is 14.4 Å². The molecule has 0 heterocycles. The van der Waals surface area contributed by atoms with Crippen molar-refractivity contribution in [3.8, 4) is 0 Å². The Morgan fingerprint density at radius 1 is 0.365 bits per heavy atom. The van der Waals surface area contributed by atoms with Gasteiger partial charge in [0.15, 0.2) is 6.10 Å². The Bertz CT molecular complexity index is 1420. The molecule has 0 saturated carbocycles. The molecule has 0 amide bonds. The van der Waals surface area contributed by atoms with Gasteiger partial charge in [-0.2, -0.15) is 0 Å². The van der Waals surface area contributed by atoms with Crippen molar-refractivity contribution < 1.29 is 28.6 Å². The number of hydrogen-bond acceptors (Lipinski definition) is 6. The van der Waals surface area contributed by atoms with Crippen LogP contribution in [0.25, 0.3) is 0 Å². The number of esters is 3. The third-order valence-corrected chi connectivity index (χ3v) is 9.85. The Hall–Kier alpha value is -4.45. The second-order valence-corrected chi connectivity index (χ2v) is 15.8. The van der Waals surface area contributed by atoms with Crippen molar-refractivity contribution in [2.75, 3.05) is 13.2 Å². The summed E-state index contributed by atoms with van der Waals surface area (Å²) >= 11 is 0. The fourth-order valence-electron chi connectivity index (χ4n) is 6.18. The molecule has 0 aliphatic rings. The minimum Gasteiger partial charge on any atom is -0.462 e. The van der Waals surface area contributed by atoms with Gasteiger partial charge in [-0.25, -0.2) is 0 Å². The molecule has 0 spiro atoms. The van der Waals surface area contributed by atoms with Crippen molar-refractivity contribution in [2.24, 2.45) is 0 Å². The van der Waals surface area contributed by atoms with E-state index in [4.69, 9.17) is 14.2 Å². The van der Waals surface area contributed by atoms with E-state index in [0.717, 1.165) is 64.2 Å². The molecule has 63 heavy (non-hydrogen) atoms. The van der Waals surface area contributed by atoms with Crippen molar-refractivity contribution in [1.29, 1.82) is 0 Å². The first-order chi connectivity index (χ1) is 31.0. The maximum atomic E-state index is 12.8. The summed E-state index contributed by atoms with van der Waals surface area (Å²) < 4.78 is 16.6. The topological polar surface area (TPSA) is 78.9 Å². The molecule has 0 saturated heterocycles. The smallest absolute Gasteiger partial charge is 0.309 e. The van der Waals surface area contributed by atoms with Gasteiger partial charge in [0, 0.05) is 12.8 Å². The van der Waals surface area contributed by atoms with Crippen LogP contribution in [0.4, 0.5) is 0 Å². The highest BCUT2D eigenvalue weighted by atomic mass is 16.6. The first-order valence-corrected chi connectivity index (χ1v) is 24.8. The standard InChI is InChI=1S/C57H88O6/c1-4-7-10-13-16-19-21-23-25-27-28-30-31-33-35-38-41-44-47-50-56(59)62-53-54(52-61-55(58)49-46-43-40-37-18-15-12-9-6-3)63-57(60)51-48-45-42-39-36-34-32-29-26-24-22-20-17-14-11-8-5-2/h7,9-10,12-13,16,18-19,21,23-28,30-31,33,35,37,43,46,54H,4-6,8,11,14-15,17,20,22,29,32,34,36,38-42,44-45,47-53H2,1-3H3/b10-7-,12-9-,16-13-,21-19-,25-23-,26-24-,28-27+,31-30-,35-33-,37-18-,46-43-. The molecule has 6 heteroatoms. The molecule has 0 aromatic rings. The van der Waals surface area contributed by atoms with Gasteiger partial charge in [0.05, 0.1) is 6.42 Å². The minimum atomic E-state index is -0.838. The van der Waals surface area contributed by atoms with Gasteiger partial charge in [-0.1, -0.05) is 225 Å². The van der Waals surface area contributed by atoms with Crippen LogP contribution in [0.3, 0.4) is 0 Å². The van der Waals surface area contributed by atoms with Gasteiger partial charge in [-0.15, -0.1) is 0 Å². The molecule has 6 nitrogen and oxygen atoms in total. The van der Waals surface area contributed by atoms with Crippen molar-refractivity contribution in [2.45, 2.75) is 194 Å². The number of ether oxygens (including phenoxy) is 3. The van der Waals surface area contributed by atoms with Crippen LogP contribution in [0.1, 0.15) is 188 Å². The molecule has 1 atom stereocenters. The summed E-state index contributed by atoms with van der Waals surface area (Å²) in [6, 6.07) is 0. The SMILES string of the molecule is CC\C=C/C=C\C=C/C=C\C=C\C=C/C=C\CCCCCC(=O)OCC(COC(=O)C/C=C\C/C=C\C/C=C\CC)OC(=O)CCCCCCCCC/C=C\CCCCCCCC. The van der Waals surface area contributed by atoms with Crippen molar-refractivity contribution >= 4 is 17.9 Å². The average Bonchev–Trinajstić information content (AvgIpc) is 3.28. The summed E-state index contributed by atoms with van der Waals surface area (Å²) in [5, 5.41) is 0. The maximum absolute atomic E-state index is 12.8. The summed E-state index contributed by atoms with van der Waals surface area (Å²) in [6.07, 6.45) is 70.4. The van der Waals surface area contributed by atoms with Crippen LogP contribution in [-0.2, 0) is 28.6 Å². The van der Waals surface area contributed by atoms with Gasteiger partial charge in [-0.3, -0.25) is 14.4 Å². The molecule has 0 radical (unpaired) electrons. The Morgan fingerprint density at radius 3 is 1.30 bits per heavy atom. The second kappa shape index (κ2) is 50.2. The lowest BCUT2D eigenvalue weighted by molar-refractivity contribution is -0.166. The van der Waals surface area contributed by atoms with Crippen molar-refractivity contribution in [3.05, 3.63) is 134 Å². The quantitative estimate of drug-likeness (QED) is 0.0200. The summed E-state index contributed by atoms with van der Waals surface area (Å²) in [7, 11) is 0. The molecule has 0 aliphatic heterocycles. The minimum absolute atomic E-state index is 0.119. The lowest BCUT2D eigenvalue weighted by Gasteiger charge is -2.18. The second-order valence-electron chi connectivity index (χ2n) is 15.8. The molecule has 0 bridgehead atoms. The largest absolute Gasteiger partial charge is 0.462 e. The van der Waals surface area contributed by atoms with Gasteiger partial charge in [0.2, 0.25) is 0 Å². The Labute approximate surface area is 385 Å². The van der Waals surface area contributed by atoms with E-state index >= 15 is 0 Å². The molecule has 0 rings (SSSR count). The first-order valence-electron chi connectivity index (χ1n) is 24.8. The van der Waals surface area contributed by atoms with E-state index in [2.05, 4.69) is 69.4 Å². The molecule has 0 fully saturated rings. The molecule has 1 unspecified atom stereocenters. The summed E-state index contributed by atoms with van der Waals surface area (Å²) in [5.41, 5.74) is 0. The highest BCUT2D eigenvalue weighted by Crippen LogP contribution is 2.13. The van der Waals surface area contributed by atoms with Crippen LogP contribution in [0.15, 0.2) is 134 Å². The Kier molecular flexibility index (Phi) is 46.7. The molecule has 0 aromatic carbocycles. The van der Waals surface area contributed by atoms with Crippen molar-refractivity contribution in [3.63, 3.8) is 0 Å². The normalized spacial score (nSPS) is 13.3. The molecule has 0 N–H and O–H groups in total. The van der Waals surface area contributed by atoms with Crippen molar-refractivity contribution in [1.82, 2.24) is 0 Å². The maximum Gasteiger partial charge on any atom is 0.309 e. The lowest BCUT2D eigenvalue weighted by atomic mass is 10.1. The van der Waals surface area contributed by atoms with Gasteiger partial charge in [-0.05, 0) is 77.0 Å². The van der Waals surface area contributed by atoms with Crippen LogP contribution in [0.5, 0.6) is 0 Å². The van der Waals surface area contributed by atoms with Crippen LogP contribution >= 0.6 is 0 Å². The van der Waals surface area contributed by atoms with Crippen LogP contribution in [0, 0.1) is 0 Å². The number of rotatable bonds is 42. The zero-order chi connectivity index (χ0) is 45.8. The number of allylic oxidation sites excluding steroid dienone is 21. The monoisotopic (exact) mass is 869 g/mol. The number of carbonyl (C=O) groups excluding carboxylic acids is 3. The van der Waals surface area contributed by atoms with Gasteiger partial charge in [0.25, 0.3) is 0 Å². The third-order valence-electron chi connectivity index (χ3n) is 9.85. The first kappa shape index (κ1) is 58.6. The predicted octanol–water partition coefficient (Wildman–Crippen LogP) is 16.3. The fourth-order valence-corrected chi connectivity index (χ4v) is 6.18. The van der Waals surface area contributed by atoms with Gasteiger partial charge in [0.1, 0.15) is 13.2 Å². The summed E-state index contributed by atoms with van der Waals surface area (Å²) in [6.45, 7) is 6.20. The van der Waals surface area contributed by atoms with E-state index in [1.807, 2.05) is 79.0 Å². The highest BCUT2D eigenvalue weighted by Gasteiger charge is 2.19. The van der Waals surface area contributed by atoms with E-state index in [0.29, 0.717) is 12.8 Å². The average molecular weight is 869 g/mol. The molecular formula is C57H88O6. The zero-order valence-electron chi connectivity index (χ0n) is 40.0. The molecular weight excluding hydrogens is 781 g/mol. The number of unbranched alkanes of at least 4 members (excludes halogenated alkanes) is 16. The Balaban J connectivity index is 4.52. The van der Waals surface area contributed by atoms with Crippen LogP contribution in [-0.4, -0.2) is 37.2 Å².